The molecule has 2 heterocycles. The van der Waals surface area contributed by atoms with Gasteiger partial charge in [0.1, 0.15) is 5.01 Å². The zero-order valence-electron chi connectivity index (χ0n) is 11.3. The molecule has 0 spiro atoms. The van der Waals surface area contributed by atoms with Crippen molar-refractivity contribution >= 4 is 11.3 Å². The van der Waals surface area contributed by atoms with Gasteiger partial charge in [0.25, 0.3) is 0 Å². The van der Waals surface area contributed by atoms with E-state index in [1.807, 2.05) is 12.1 Å². The van der Waals surface area contributed by atoms with Gasteiger partial charge in [-0.15, -0.1) is 11.3 Å². The monoisotopic (exact) mass is 277 g/mol. The van der Waals surface area contributed by atoms with Crippen LogP contribution in [0, 0.1) is 0 Å². The van der Waals surface area contributed by atoms with E-state index in [9.17, 15) is 0 Å². The second-order valence-electron chi connectivity index (χ2n) is 4.44. The van der Waals surface area contributed by atoms with Crippen LogP contribution < -0.4 is 5.32 Å². The Morgan fingerprint density at radius 3 is 2.89 bits per heavy atom. The fourth-order valence-corrected chi connectivity index (χ4v) is 2.66. The molecule has 0 aliphatic rings. The van der Waals surface area contributed by atoms with Gasteiger partial charge in [0.2, 0.25) is 0 Å². The van der Waals surface area contributed by atoms with Crippen molar-refractivity contribution in [3.05, 3.63) is 35.6 Å². The van der Waals surface area contributed by atoms with Crippen LogP contribution in [0.4, 0.5) is 0 Å². The molecule has 0 saturated carbocycles. The first-order valence-electron chi connectivity index (χ1n) is 6.36. The minimum Gasteiger partial charge on any atom is -0.383 e. The molecule has 2 aromatic heterocycles. The Morgan fingerprint density at radius 2 is 2.16 bits per heavy atom. The van der Waals surface area contributed by atoms with Crippen LogP contribution in [-0.2, 0) is 11.2 Å². The molecule has 1 atom stereocenters. The first-order valence-corrected chi connectivity index (χ1v) is 7.24. The van der Waals surface area contributed by atoms with Gasteiger partial charge in [0.15, 0.2) is 0 Å². The van der Waals surface area contributed by atoms with E-state index < -0.39 is 0 Å². The highest BCUT2D eigenvalue weighted by molar-refractivity contribution is 7.13. The Labute approximate surface area is 117 Å². The Morgan fingerprint density at radius 1 is 1.37 bits per heavy atom. The van der Waals surface area contributed by atoms with E-state index in [-0.39, 0.29) is 0 Å². The first kappa shape index (κ1) is 14.1. The van der Waals surface area contributed by atoms with E-state index in [0.29, 0.717) is 6.04 Å². The molecular formula is C14H19N3OS. The number of hydrogen-bond donors (Lipinski definition) is 1. The van der Waals surface area contributed by atoms with Gasteiger partial charge in [-0.25, -0.2) is 4.98 Å². The maximum atomic E-state index is 5.09. The highest BCUT2D eigenvalue weighted by Crippen LogP contribution is 2.22. The average molecular weight is 277 g/mol. The Balaban J connectivity index is 1.85. The summed E-state index contributed by atoms with van der Waals surface area (Å²) in [6.07, 6.45) is 4.53. The topological polar surface area (TPSA) is 47.0 Å². The summed E-state index contributed by atoms with van der Waals surface area (Å²) in [6, 6.07) is 4.35. The molecule has 2 aromatic rings. The highest BCUT2D eigenvalue weighted by atomic mass is 32.1. The maximum absolute atomic E-state index is 5.09. The molecule has 0 aromatic carbocycles. The fourth-order valence-electron chi connectivity index (χ4n) is 1.80. The van der Waals surface area contributed by atoms with E-state index >= 15 is 0 Å². The van der Waals surface area contributed by atoms with Gasteiger partial charge in [-0.05, 0) is 19.1 Å². The summed E-state index contributed by atoms with van der Waals surface area (Å²) in [5, 5.41) is 6.59. The number of nitrogens with zero attached hydrogens (tertiary/aromatic N) is 2. The normalized spacial score (nSPS) is 12.5. The van der Waals surface area contributed by atoms with Crippen LogP contribution in [0.5, 0.6) is 0 Å². The molecule has 0 amide bonds. The number of nitrogens with one attached hydrogen (secondary N) is 1. The summed E-state index contributed by atoms with van der Waals surface area (Å²) in [5.74, 6) is 0. The molecule has 2 rings (SSSR count). The molecule has 102 valence electrons. The lowest BCUT2D eigenvalue weighted by Gasteiger charge is -2.11. The lowest BCUT2D eigenvalue weighted by atomic mass is 10.3. The van der Waals surface area contributed by atoms with E-state index in [2.05, 4.69) is 27.6 Å². The van der Waals surface area contributed by atoms with Crippen molar-refractivity contribution < 1.29 is 4.74 Å². The first-order chi connectivity index (χ1) is 9.29. The van der Waals surface area contributed by atoms with Gasteiger partial charge in [-0.2, -0.15) is 0 Å². The number of rotatable bonds is 7. The highest BCUT2D eigenvalue weighted by Gasteiger charge is 2.05. The third-order valence-electron chi connectivity index (χ3n) is 2.77. The van der Waals surface area contributed by atoms with Gasteiger partial charge >= 0.3 is 0 Å². The quantitative estimate of drug-likeness (QED) is 0.844. The van der Waals surface area contributed by atoms with Gasteiger partial charge in [0, 0.05) is 49.5 Å². The summed E-state index contributed by atoms with van der Waals surface area (Å²) in [6.45, 7) is 3.77. The van der Waals surface area contributed by atoms with Crippen molar-refractivity contribution in [1.82, 2.24) is 15.3 Å². The van der Waals surface area contributed by atoms with E-state index in [0.717, 1.165) is 35.8 Å². The Hall–Kier alpha value is -1.30. The molecule has 0 aliphatic heterocycles. The number of thiazole rings is 1. The zero-order chi connectivity index (χ0) is 13.5. The van der Waals surface area contributed by atoms with Crippen molar-refractivity contribution in [2.24, 2.45) is 0 Å². The Bertz CT molecular complexity index is 486. The van der Waals surface area contributed by atoms with E-state index in [1.165, 1.54) is 0 Å². The van der Waals surface area contributed by atoms with Crippen LogP contribution in [0.15, 0.2) is 29.9 Å². The van der Waals surface area contributed by atoms with E-state index in [4.69, 9.17) is 4.74 Å². The van der Waals surface area contributed by atoms with Gasteiger partial charge < -0.3 is 10.1 Å². The van der Waals surface area contributed by atoms with Crippen LogP contribution in [0.25, 0.3) is 10.6 Å². The fraction of sp³-hybridized carbons (Fsp3) is 0.429. The lowest BCUT2D eigenvalue weighted by molar-refractivity contribution is 0.172. The molecule has 0 aliphatic carbocycles. The van der Waals surface area contributed by atoms with Crippen LogP contribution in [0.3, 0.4) is 0 Å². The number of methoxy groups -OCH3 is 1. The third kappa shape index (κ3) is 4.38. The number of aromatic nitrogens is 2. The van der Waals surface area contributed by atoms with Crippen molar-refractivity contribution in [3.8, 4) is 10.6 Å². The van der Waals surface area contributed by atoms with Crippen molar-refractivity contribution in [3.63, 3.8) is 0 Å². The molecule has 0 fully saturated rings. The van der Waals surface area contributed by atoms with Crippen molar-refractivity contribution in [2.45, 2.75) is 19.4 Å². The summed E-state index contributed by atoms with van der Waals surface area (Å²) in [4.78, 5) is 8.66. The molecule has 1 N–H and O–H groups in total. The standard InChI is InChI=1S/C14H19N3OS/c1-11(9-18-2)16-8-5-13-10-19-14(17-13)12-3-6-15-7-4-12/h3-4,6-7,10-11,16H,5,8-9H2,1-2H3/t11-/m1/s1. The summed E-state index contributed by atoms with van der Waals surface area (Å²) >= 11 is 1.68. The largest absolute Gasteiger partial charge is 0.383 e. The average Bonchev–Trinajstić information content (AvgIpc) is 2.89. The van der Waals surface area contributed by atoms with Gasteiger partial charge in [-0.3, -0.25) is 4.98 Å². The molecule has 19 heavy (non-hydrogen) atoms. The lowest BCUT2D eigenvalue weighted by Crippen LogP contribution is -2.31. The molecule has 0 saturated heterocycles. The van der Waals surface area contributed by atoms with Crippen LogP contribution in [0.2, 0.25) is 0 Å². The number of pyridine rings is 1. The van der Waals surface area contributed by atoms with Crippen molar-refractivity contribution in [2.75, 3.05) is 20.3 Å². The molecule has 0 radical (unpaired) electrons. The maximum Gasteiger partial charge on any atom is 0.123 e. The molecule has 5 heteroatoms. The third-order valence-corrected chi connectivity index (χ3v) is 3.71. The van der Waals surface area contributed by atoms with Crippen molar-refractivity contribution in [1.29, 1.82) is 0 Å². The SMILES string of the molecule is COC[C@@H](C)NCCc1csc(-c2ccncc2)n1. The van der Waals surface area contributed by atoms with Gasteiger partial charge in [0.05, 0.1) is 12.3 Å². The number of hydrogen-bond acceptors (Lipinski definition) is 5. The molecular weight excluding hydrogens is 258 g/mol. The second kappa shape index (κ2) is 7.33. The summed E-state index contributed by atoms with van der Waals surface area (Å²) in [7, 11) is 1.72. The van der Waals surface area contributed by atoms with Crippen LogP contribution in [-0.4, -0.2) is 36.3 Å². The molecule has 0 unspecified atom stereocenters. The van der Waals surface area contributed by atoms with Crippen LogP contribution in [0.1, 0.15) is 12.6 Å². The summed E-state index contributed by atoms with van der Waals surface area (Å²) in [5.41, 5.74) is 2.26. The molecule has 0 bridgehead atoms. The predicted octanol–water partition coefficient (Wildman–Crippen LogP) is 2.37. The molecule has 4 nitrogen and oxygen atoms in total. The minimum atomic E-state index is 0.378. The van der Waals surface area contributed by atoms with E-state index in [1.54, 1.807) is 30.8 Å². The van der Waals surface area contributed by atoms with Gasteiger partial charge in [-0.1, -0.05) is 0 Å². The smallest absolute Gasteiger partial charge is 0.123 e. The zero-order valence-corrected chi connectivity index (χ0v) is 12.1. The summed E-state index contributed by atoms with van der Waals surface area (Å²) < 4.78 is 5.09. The number of ether oxygens (including phenoxy) is 1. The van der Waals surface area contributed by atoms with Crippen LogP contribution >= 0.6 is 11.3 Å². The second-order valence-corrected chi connectivity index (χ2v) is 5.30. The predicted molar refractivity (Wildman–Crippen MR) is 78.4 cm³/mol. The minimum absolute atomic E-state index is 0.378. The Kier molecular flexibility index (Phi) is 5.44.